The zero-order valence-electron chi connectivity index (χ0n) is 17.1. The summed E-state index contributed by atoms with van der Waals surface area (Å²) in [6.45, 7) is 1.88. The van der Waals surface area contributed by atoms with Gasteiger partial charge in [-0.25, -0.2) is 18.4 Å². The van der Waals surface area contributed by atoms with E-state index in [1.165, 1.54) is 6.07 Å². The van der Waals surface area contributed by atoms with E-state index in [2.05, 4.69) is 20.6 Å². The second-order valence-corrected chi connectivity index (χ2v) is 10.9. The number of aryl methyl sites for hydroxylation is 1. The number of hydrogen-bond acceptors (Lipinski definition) is 8. The highest BCUT2D eigenvalue weighted by atomic mass is 32.2. The Morgan fingerprint density at radius 3 is 2.38 bits per heavy atom. The van der Waals surface area contributed by atoms with Crippen molar-refractivity contribution in [3.8, 4) is 0 Å². The van der Waals surface area contributed by atoms with Crippen molar-refractivity contribution in [2.75, 3.05) is 30.6 Å². The summed E-state index contributed by atoms with van der Waals surface area (Å²) >= 11 is 1.01. The number of rotatable bonds is 6. The number of carbonyl (C=O) groups excluding carboxylic acids is 1. The maximum Gasteiger partial charge on any atom is 0.261 e. The number of nitrogens with one attached hydrogen (secondary N) is 2. The van der Waals surface area contributed by atoms with E-state index in [4.69, 9.17) is 0 Å². The number of thiophene rings is 1. The normalized spacial score (nSPS) is 19.6. The predicted octanol–water partition coefficient (Wildman–Crippen LogP) is 2.47. The standard InChI is InChI=1S/C19H27N5O3S2/c1-12-20-16(11-17(21-12)24(2)3)22-13-5-7-14(8-6-13)23-19(25)15-9-10-18(28-15)29(4,26)27/h9-11,13-14H,5-8H2,1-4H3,(H,23,25)(H,20,21,22). The van der Waals surface area contributed by atoms with Crippen molar-refractivity contribution in [3.63, 3.8) is 0 Å². The Hall–Kier alpha value is -2.20. The molecular weight excluding hydrogens is 410 g/mol. The summed E-state index contributed by atoms with van der Waals surface area (Å²) < 4.78 is 23.4. The van der Waals surface area contributed by atoms with Gasteiger partial charge in [-0.15, -0.1) is 11.3 Å². The molecule has 2 aromatic heterocycles. The first-order valence-electron chi connectivity index (χ1n) is 9.52. The summed E-state index contributed by atoms with van der Waals surface area (Å²) in [5.74, 6) is 2.21. The SMILES string of the molecule is Cc1nc(NC2CCC(NC(=O)c3ccc(S(C)(=O)=O)s3)CC2)cc(N(C)C)n1. The van der Waals surface area contributed by atoms with E-state index in [1.807, 2.05) is 32.0 Å². The minimum Gasteiger partial charge on any atom is -0.367 e. The molecule has 10 heteroatoms. The number of hydrogen-bond donors (Lipinski definition) is 2. The third-order valence-corrected chi connectivity index (χ3v) is 7.77. The molecule has 0 spiro atoms. The van der Waals surface area contributed by atoms with Crippen LogP contribution in [-0.2, 0) is 9.84 Å². The van der Waals surface area contributed by atoms with Crippen LogP contribution in [0, 0.1) is 6.92 Å². The van der Waals surface area contributed by atoms with Gasteiger partial charge in [-0.1, -0.05) is 0 Å². The molecule has 0 bridgehead atoms. The van der Waals surface area contributed by atoms with Gasteiger partial charge in [0, 0.05) is 38.5 Å². The first-order valence-corrected chi connectivity index (χ1v) is 12.2. The van der Waals surface area contributed by atoms with Crippen LogP contribution in [0.25, 0.3) is 0 Å². The fourth-order valence-electron chi connectivity index (χ4n) is 3.34. The fourth-order valence-corrected chi connectivity index (χ4v) is 5.17. The molecule has 1 aliphatic rings. The monoisotopic (exact) mass is 437 g/mol. The molecule has 0 atom stereocenters. The topological polar surface area (TPSA) is 104 Å². The van der Waals surface area contributed by atoms with Crippen molar-refractivity contribution < 1.29 is 13.2 Å². The Labute approximate surface area is 175 Å². The van der Waals surface area contributed by atoms with Crippen LogP contribution in [0.5, 0.6) is 0 Å². The second-order valence-electron chi connectivity index (χ2n) is 7.61. The third-order valence-electron chi connectivity index (χ3n) is 4.87. The first kappa shape index (κ1) is 21.5. The van der Waals surface area contributed by atoms with Crippen LogP contribution in [0.3, 0.4) is 0 Å². The van der Waals surface area contributed by atoms with Crippen molar-refractivity contribution in [2.45, 2.75) is 48.9 Å². The summed E-state index contributed by atoms with van der Waals surface area (Å²) in [5.41, 5.74) is 0. The minimum absolute atomic E-state index is 0.0915. The molecule has 2 aromatic rings. The van der Waals surface area contributed by atoms with Gasteiger partial charge in [0.1, 0.15) is 21.7 Å². The summed E-state index contributed by atoms with van der Waals surface area (Å²) in [7, 11) is 0.620. The van der Waals surface area contributed by atoms with Gasteiger partial charge in [-0.05, 0) is 44.7 Å². The lowest BCUT2D eigenvalue weighted by atomic mass is 9.91. The number of aromatic nitrogens is 2. The highest BCUT2D eigenvalue weighted by molar-refractivity contribution is 7.92. The molecule has 1 fully saturated rings. The van der Waals surface area contributed by atoms with E-state index in [-0.39, 0.29) is 16.2 Å². The third kappa shape index (κ3) is 5.66. The van der Waals surface area contributed by atoms with Gasteiger partial charge in [0.05, 0.1) is 4.88 Å². The van der Waals surface area contributed by atoms with Gasteiger partial charge in [-0.2, -0.15) is 0 Å². The molecule has 2 heterocycles. The minimum atomic E-state index is -3.28. The molecule has 0 aromatic carbocycles. The van der Waals surface area contributed by atoms with Crippen LogP contribution < -0.4 is 15.5 Å². The van der Waals surface area contributed by atoms with Crippen molar-refractivity contribution in [3.05, 3.63) is 28.9 Å². The predicted molar refractivity (Wildman–Crippen MR) is 116 cm³/mol. The average molecular weight is 438 g/mol. The summed E-state index contributed by atoms with van der Waals surface area (Å²) in [6, 6.07) is 5.39. The lowest BCUT2D eigenvalue weighted by Gasteiger charge is -2.30. The van der Waals surface area contributed by atoms with Crippen LogP contribution in [0.15, 0.2) is 22.4 Å². The Morgan fingerprint density at radius 1 is 1.14 bits per heavy atom. The van der Waals surface area contributed by atoms with Crippen molar-refractivity contribution in [1.82, 2.24) is 15.3 Å². The molecule has 2 N–H and O–H groups in total. The van der Waals surface area contributed by atoms with E-state index in [9.17, 15) is 13.2 Å². The van der Waals surface area contributed by atoms with Gasteiger partial charge in [0.15, 0.2) is 9.84 Å². The van der Waals surface area contributed by atoms with E-state index in [0.29, 0.717) is 10.9 Å². The van der Waals surface area contributed by atoms with Crippen molar-refractivity contribution in [1.29, 1.82) is 0 Å². The summed E-state index contributed by atoms with van der Waals surface area (Å²) in [4.78, 5) is 23.7. The largest absolute Gasteiger partial charge is 0.367 e. The van der Waals surface area contributed by atoms with Gasteiger partial charge in [0.2, 0.25) is 0 Å². The fraction of sp³-hybridized carbons (Fsp3) is 0.526. The van der Waals surface area contributed by atoms with Crippen LogP contribution in [0.1, 0.15) is 41.2 Å². The van der Waals surface area contributed by atoms with Gasteiger partial charge in [0.25, 0.3) is 5.91 Å². The zero-order valence-corrected chi connectivity index (χ0v) is 18.7. The number of amides is 1. The van der Waals surface area contributed by atoms with Crippen molar-refractivity contribution >= 4 is 38.7 Å². The van der Waals surface area contributed by atoms with E-state index >= 15 is 0 Å². The van der Waals surface area contributed by atoms with Gasteiger partial charge < -0.3 is 15.5 Å². The summed E-state index contributed by atoms with van der Waals surface area (Å²) in [5, 5.41) is 6.52. The highest BCUT2D eigenvalue weighted by Gasteiger charge is 2.24. The smallest absolute Gasteiger partial charge is 0.261 e. The van der Waals surface area contributed by atoms with Crippen LogP contribution in [-0.4, -0.2) is 56.7 Å². The molecule has 0 aliphatic heterocycles. The molecule has 1 aliphatic carbocycles. The number of anilines is 2. The average Bonchev–Trinajstić information content (AvgIpc) is 3.13. The highest BCUT2D eigenvalue weighted by Crippen LogP contribution is 2.25. The maximum atomic E-state index is 12.4. The zero-order chi connectivity index (χ0) is 21.2. The van der Waals surface area contributed by atoms with Crippen LogP contribution in [0.2, 0.25) is 0 Å². The molecular formula is C19H27N5O3S2. The Kier molecular flexibility index (Phi) is 6.42. The molecule has 3 rings (SSSR count). The lowest BCUT2D eigenvalue weighted by Crippen LogP contribution is -2.40. The van der Waals surface area contributed by atoms with Gasteiger partial charge in [-0.3, -0.25) is 4.79 Å². The molecule has 158 valence electrons. The van der Waals surface area contributed by atoms with E-state index < -0.39 is 9.84 Å². The van der Waals surface area contributed by atoms with Crippen LogP contribution >= 0.6 is 11.3 Å². The quantitative estimate of drug-likeness (QED) is 0.715. The Bertz CT molecular complexity index is 979. The van der Waals surface area contributed by atoms with E-state index in [1.54, 1.807) is 6.07 Å². The first-order chi connectivity index (χ1) is 13.6. The second kappa shape index (κ2) is 8.66. The maximum absolute atomic E-state index is 12.4. The molecule has 0 radical (unpaired) electrons. The molecule has 0 saturated heterocycles. The molecule has 29 heavy (non-hydrogen) atoms. The summed E-state index contributed by atoms with van der Waals surface area (Å²) in [6.07, 6.45) is 4.71. The molecule has 8 nitrogen and oxygen atoms in total. The molecule has 0 unspecified atom stereocenters. The van der Waals surface area contributed by atoms with E-state index in [0.717, 1.165) is 60.7 Å². The number of carbonyl (C=O) groups is 1. The lowest BCUT2D eigenvalue weighted by molar-refractivity contribution is 0.0930. The number of nitrogens with zero attached hydrogens (tertiary/aromatic N) is 3. The Balaban J connectivity index is 1.53. The van der Waals surface area contributed by atoms with Crippen molar-refractivity contribution in [2.24, 2.45) is 0 Å². The molecule has 1 amide bonds. The molecule has 1 saturated carbocycles. The van der Waals surface area contributed by atoms with Crippen LogP contribution in [0.4, 0.5) is 11.6 Å². The van der Waals surface area contributed by atoms with Gasteiger partial charge >= 0.3 is 0 Å². The Morgan fingerprint density at radius 2 is 1.79 bits per heavy atom. The number of sulfone groups is 1.